The Morgan fingerprint density at radius 3 is 2.71 bits per heavy atom. The number of hydrogen-bond donors (Lipinski definition) is 1. The number of rotatable bonds is 6. The lowest BCUT2D eigenvalue weighted by Gasteiger charge is -2.24. The van der Waals surface area contributed by atoms with Gasteiger partial charge in [0.25, 0.3) is 0 Å². The number of benzene rings is 1. The fourth-order valence-corrected chi connectivity index (χ4v) is 4.29. The summed E-state index contributed by atoms with van der Waals surface area (Å²) < 4.78 is 7.53. The maximum absolute atomic E-state index is 13.1. The molecule has 6 heteroatoms. The van der Waals surface area contributed by atoms with Crippen molar-refractivity contribution in [1.29, 1.82) is 0 Å². The van der Waals surface area contributed by atoms with Gasteiger partial charge in [-0.1, -0.05) is 55.7 Å². The lowest BCUT2D eigenvalue weighted by molar-refractivity contribution is 0.0504. The Labute approximate surface area is 202 Å². The van der Waals surface area contributed by atoms with Gasteiger partial charge in [-0.2, -0.15) is 0 Å². The molecule has 1 aliphatic carbocycles. The fraction of sp³-hybridized carbons (Fsp3) is 0.429. The van der Waals surface area contributed by atoms with Gasteiger partial charge in [0.2, 0.25) is 5.43 Å². The minimum Gasteiger partial charge on any atom is -0.497 e. The molecule has 2 heterocycles. The standard InChI is InChI=1S/C20H25N3O3.C8H12/c1-13-21-20(22-26-13)17-12-23(11-14-6-4-3-5-7-14)18-9-8-15(25-2)10-16(18)19(17)24;1-4-6-7-8(3)5-2/h8-10,12-14H,3-7,11H2,1-2H3,(H,21,22);4-7H,2H2,1,3H3/b;6-4-,8-7-. The van der Waals surface area contributed by atoms with Crippen molar-refractivity contribution in [1.82, 2.24) is 10.0 Å². The SMILES string of the molecule is C=C/C(C)=C\C=C/C.COc1ccc2c(c1)c(=O)c(C1=NC(C)ON1)cn2CC1CCCCC1. The molecule has 1 unspecified atom stereocenters. The molecule has 0 amide bonds. The summed E-state index contributed by atoms with van der Waals surface area (Å²) in [5.74, 6) is 1.84. The Kier molecular flexibility index (Phi) is 9.28. The van der Waals surface area contributed by atoms with E-state index in [0.29, 0.717) is 28.5 Å². The summed E-state index contributed by atoms with van der Waals surface area (Å²) in [5.41, 5.74) is 5.43. The first-order valence-corrected chi connectivity index (χ1v) is 12.1. The number of allylic oxidation sites excluding steroid dienone is 5. The van der Waals surface area contributed by atoms with E-state index in [9.17, 15) is 4.79 Å². The van der Waals surface area contributed by atoms with E-state index in [2.05, 4.69) is 21.6 Å². The van der Waals surface area contributed by atoms with Crippen LogP contribution in [0.2, 0.25) is 0 Å². The van der Waals surface area contributed by atoms with Gasteiger partial charge in [0, 0.05) is 12.7 Å². The molecule has 1 atom stereocenters. The minimum atomic E-state index is -0.294. The zero-order chi connectivity index (χ0) is 24.5. The number of fused-ring (bicyclic) bond motifs is 1. The van der Waals surface area contributed by atoms with E-state index >= 15 is 0 Å². The molecule has 2 aliphatic rings. The van der Waals surface area contributed by atoms with Crippen LogP contribution in [0.3, 0.4) is 0 Å². The second-order valence-corrected chi connectivity index (χ2v) is 8.85. The van der Waals surface area contributed by atoms with E-state index in [4.69, 9.17) is 9.57 Å². The van der Waals surface area contributed by atoms with Crippen molar-refractivity contribution in [3.05, 3.63) is 76.6 Å². The third-order valence-corrected chi connectivity index (χ3v) is 6.23. The number of nitrogens with one attached hydrogen (secondary N) is 1. The van der Waals surface area contributed by atoms with E-state index in [0.717, 1.165) is 12.1 Å². The van der Waals surface area contributed by atoms with Crippen LogP contribution in [-0.2, 0) is 11.4 Å². The van der Waals surface area contributed by atoms with Gasteiger partial charge in [0.15, 0.2) is 12.1 Å². The van der Waals surface area contributed by atoms with E-state index in [-0.39, 0.29) is 11.7 Å². The van der Waals surface area contributed by atoms with Gasteiger partial charge in [0.1, 0.15) is 5.75 Å². The van der Waals surface area contributed by atoms with E-state index in [1.165, 1.54) is 37.7 Å². The molecule has 182 valence electrons. The Morgan fingerprint density at radius 2 is 2.09 bits per heavy atom. The summed E-state index contributed by atoms with van der Waals surface area (Å²) >= 11 is 0. The highest BCUT2D eigenvalue weighted by Gasteiger charge is 2.22. The molecule has 0 saturated heterocycles. The van der Waals surface area contributed by atoms with Crippen molar-refractivity contribution in [2.75, 3.05) is 7.11 Å². The first-order valence-electron chi connectivity index (χ1n) is 12.1. The van der Waals surface area contributed by atoms with Crippen LogP contribution in [0.5, 0.6) is 5.75 Å². The lowest BCUT2D eigenvalue weighted by Crippen LogP contribution is -2.27. The molecule has 0 radical (unpaired) electrons. The summed E-state index contributed by atoms with van der Waals surface area (Å²) in [6.07, 6.45) is 15.9. The topological polar surface area (TPSA) is 64.8 Å². The van der Waals surface area contributed by atoms with Gasteiger partial charge < -0.3 is 9.30 Å². The van der Waals surface area contributed by atoms with Crippen LogP contribution in [0.1, 0.15) is 58.4 Å². The molecule has 1 aromatic heterocycles. The van der Waals surface area contributed by atoms with Crippen LogP contribution in [0.15, 0.2) is 70.6 Å². The first kappa shape index (κ1) is 25.5. The number of ether oxygens (including phenoxy) is 1. The summed E-state index contributed by atoms with van der Waals surface area (Å²) in [4.78, 5) is 22.8. The van der Waals surface area contributed by atoms with Crippen LogP contribution in [0, 0.1) is 5.92 Å². The first-order chi connectivity index (χ1) is 16.5. The maximum Gasteiger partial charge on any atom is 0.200 e. The molecule has 1 fully saturated rings. The minimum absolute atomic E-state index is 0.0530. The van der Waals surface area contributed by atoms with E-state index < -0.39 is 0 Å². The average molecular weight is 464 g/mol. The molecular weight excluding hydrogens is 426 g/mol. The number of nitrogens with zero attached hydrogens (tertiary/aromatic N) is 2. The summed E-state index contributed by atoms with van der Waals surface area (Å²) in [5, 5.41) is 0.654. The highest BCUT2D eigenvalue weighted by atomic mass is 16.7. The highest BCUT2D eigenvalue weighted by Crippen LogP contribution is 2.27. The molecule has 6 nitrogen and oxygen atoms in total. The van der Waals surface area contributed by atoms with Gasteiger partial charge in [-0.25, -0.2) is 15.3 Å². The molecule has 34 heavy (non-hydrogen) atoms. The summed E-state index contributed by atoms with van der Waals surface area (Å²) in [6, 6.07) is 5.71. The summed E-state index contributed by atoms with van der Waals surface area (Å²) in [7, 11) is 1.61. The maximum atomic E-state index is 13.1. The number of aliphatic imine (C=N–C) groups is 1. The van der Waals surface area contributed by atoms with Crippen molar-refractivity contribution in [3.63, 3.8) is 0 Å². The Balaban J connectivity index is 0.000000350. The number of hydrogen-bond acceptors (Lipinski definition) is 5. The van der Waals surface area contributed by atoms with Crippen LogP contribution in [0.4, 0.5) is 0 Å². The van der Waals surface area contributed by atoms with Crippen LogP contribution in [-0.4, -0.2) is 23.7 Å². The van der Waals surface area contributed by atoms with Gasteiger partial charge in [0.05, 0.1) is 23.6 Å². The van der Waals surface area contributed by atoms with Crippen molar-refractivity contribution in [2.24, 2.45) is 10.9 Å². The van der Waals surface area contributed by atoms with Crippen molar-refractivity contribution < 1.29 is 9.57 Å². The average Bonchev–Trinajstić information content (AvgIpc) is 3.30. The van der Waals surface area contributed by atoms with Crippen molar-refractivity contribution in [3.8, 4) is 5.75 Å². The molecule has 1 aliphatic heterocycles. The van der Waals surface area contributed by atoms with Gasteiger partial charge in [-0.3, -0.25) is 4.79 Å². The van der Waals surface area contributed by atoms with Crippen LogP contribution >= 0.6 is 0 Å². The van der Waals surface area contributed by atoms with Crippen molar-refractivity contribution in [2.45, 2.75) is 65.6 Å². The number of methoxy groups -OCH3 is 1. The molecule has 1 saturated carbocycles. The number of pyridine rings is 1. The molecule has 4 rings (SSSR count). The number of amidine groups is 1. The zero-order valence-electron chi connectivity index (χ0n) is 20.8. The van der Waals surface area contributed by atoms with Crippen LogP contribution < -0.4 is 15.6 Å². The second-order valence-electron chi connectivity index (χ2n) is 8.85. The van der Waals surface area contributed by atoms with Crippen molar-refractivity contribution >= 4 is 16.7 Å². The predicted octanol–water partition coefficient (Wildman–Crippen LogP) is 5.91. The van der Waals surface area contributed by atoms with Gasteiger partial charge in [-0.05, 0) is 57.7 Å². The fourth-order valence-electron chi connectivity index (χ4n) is 4.29. The third-order valence-electron chi connectivity index (χ3n) is 6.23. The Hall–Kier alpha value is -3.12. The van der Waals surface area contributed by atoms with Gasteiger partial charge >= 0.3 is 0 Å². The molecule has 1 aromatic carbocycles. The number of hydroxylamine groups is 1. The highest BCUT2D eigenvalue weighted by molar-refractivity contribution is 6.01. The lowest BCUT2D eigenvalue weighted by atomic mass is 9.89. The summed E-state index contributed by atoms with van der Waals surface area (Å²) in [6.45, 7) is 10.4. The van der Waals surface area contributed by atoms with E-state index in [1.54, 1.807) is 7.11 Å². The number of aromatic nitrogens is 1. The molecular formula is C28H37N3O3. The van der Waals surface area contributed by atoms with Gasteiger partial charge in [-0.15, -0.1) is 0 Å². The Bertz CT molecular complexity index is 1140. The van der Waals surface area contributed by atoms with E-state index in [1.807, 2.05) is 69.5 Å². The smallest absolute Gasteiger partial charge is 0.200 e. The monoisotopic (exact) mass is 463 g/mol. The third kappa shape index (κ3) is 6.48. The predicted molar refractivity (Wildman–Crippen MR) is 140 cm³/mol. The molecule has 0 spiro atoms. The van der Waals surface area contributed by atoms with Crippen LogP contribution in [0.25, 0.3) is 10.9 Å². The molecule has 2 aromatic rings. The largest absolute Gasteiger partial charge is 0.497 e. The molecule has 0 bridgehead atoms. The normalized spacial score (nSPS) is 18.9. The second kappa shape index (κ2) is 12.4. The Morgan fingerprint density at radius 1 is 1.32 bits per heavy atom. The molecule has 1 N–H and O–H groups in total. The zero-order valence-corrected chi connectivity index (χ0v) is 20.8. The quantitative estimate of drug-likeness (QED) is 0.541.